The first kappa shape index (κ1) is 13.1. The molecule has 0 saturated carbocycles. The zero-order chi connectivity index (χ0) is 11.1. The van der Waals surface area contributed by atoms with Crippen LogP contribution < -0.4 is 5.73 Å². The predicted octanol–water partition coefficient (Wildman–Crippen LogP) is 1.04. The lowest BCUT2D eigenvalue weighted by molar-refractivity contribution is -0.140. The van der Waals surface area contributed by atoms with Crippen LogP contribution in [0.3, 0.4) is 0 Å². The highest BCUT2D eigenvalue weighted by molar-refractivity contribution is 5.85. The molecule has 0 aliphatic heterocycles. The summed E-state index contributed by atoms with van der Waals surface area (Å²) in [5, 5.41) is 8.53. The van der Waals surface area contributed by atoms with Gasteiger partial charge in [-0.15, -0.1) is 0 Å². The van der Waals surface area contributed by atoms with E-state index < -0.39 is 11.9 Å². The Morgan fingerprint density at radius 2 is 1.93 bits per heavy atom. The van der Waals surface area contributed by atoms with E-state index in [0.29, 0.717) is 12.3 Å². The van der Waals surface area contributed by atoms with Crippen molar-refractivity contribution in [2.24, 2.45) is 17.6 Å². The smallest absolute Gasteiger partial charge is 0.304 e. The zero-order valence-electron chi connectivity index (χ0n) is 8.82. The number of ketones is 1. The number of carboxylic acids is 1. The van der Waals surface area contributed by atoms with Gasteiger partial charge < -0.3 is 10.8 Å². The Hall–Kier alpha value is -0.900. The maximum Gasteiger partial charge on any atom is 0.304 e. The Balaban J connectivity index is 3.98. The van der Waals surface area contributed by atoms with Gasteiger partial charge in [0.05, 0.1) is 6.42 Å². The van der Waals surface area contributed by atoms with Gasteiger partial charge in [-0.05, 0) is 12.3 Å². The lowest BCUT2D eigenvalue weighted by atomic mass is 9.94. The molecule has 0 fully saturated rings. The molecular formula is C10H19NO3. The Morgan fingerprint density at radius 1 is 1.36 bits per heavy atom. The van der Waals surface area contributed by atoms with Crippen molar-refractivity contribution in [3.63, 3.8) is 0 Å². The maximum absolute atomic E-state index is 11.5. The van der Waals surface area contributed by atoms with Crippen LogP contribution in [0.4, 0.5) is 0 Å². The van der Waals surface area contributed by atoms with Crippen molar-refractivity contribution in [3.8, 4) is 0 Å². The molecule has 0 spiro atoms. The quantitative estimate of drug-likeness (QED) is 0.645. The lowest BCUT2D eigenvalue weighted by Crippen LogP contribution is -2.26. The second kappa shape index (κ2) is 6.54. The van der Waals surface area contributed by atoms with Crippen molar-refractivity contribution in [1.29, 1.82) is 0 Å². The number of carbonyl (C=O) groups is 2. The number of hydrogen-bond acceptors (Lipinski definition) is 3. The molecule has 0 amide bonds. The lowest BCUT2D eigenvalue weighted by Gasteiger charge is -2.11. The van der Waals surface area contributed by atoms with Gasteiger partial charge in [0.25, 0.3) is 0 Å². The molecule has 0 radical (unpaired) electrons. The summed E-state index contributed by atoms with van der Waals surface area (Å²) in [6, 6.07) is 0. The first-order chi connectivity index (χ1) is 6.47. The van der Waals surface area contributed by atoms with Gasteiger partial charge in [-0.3, -0.25) is 9.59 Å². The van der Waals surface area contributed by atoms with Crippen LogP contribution in [0, 0.1) is 11.8 Å². The second-order valence-electron chi connectivity index (χ2n) is 3.93. The van der Waals surface area contributed by atoms with Crippen molar-refractivity contribution in [1.82, 2.24) is 0 Å². The minimum atomic E-state index is -0.960. The Kier molecular flexibility index (Phi) is 6.12. The molecule has 4 nitrogen and oxygen atoms in total. The number of aliphatic carboxylic acids is 1. The minimum absolute atomic E-state index is 0.0244. The monoisotopic (exact) mass is 201 g/mol. The van der Waals surface area contributed by atoms with Gasteiger partial charge in [-0.2, -0.15) is 0 Å². The minimum Gasteiger partial charge on any atom is -0.481 e. The highest BCUT2D eigenvalue weighted by atomic mass is 16.4. The molecule has 0 aromatic heterocycles. The fourth-order valence-electron chi connectivity index (χ4n) is 1.17. The van der Waals surface area contributed by atoms with Crippen LogP contribution in [-0.2, 0) is 9.59 Å². The summed E-state index contributed by atoms with van der Waals surface area (Å²) in [6.45, 7) is 4.19. The molecule has 0 heterocycles. The largest absolute Gasteiger partial charge is 0.481 e. The van der Waals surface area contributed by atoms with Crippen LogP contribution in [0.5, 0.6) is 0 Å². The number of Topliss-reactive ketones (excluding diaryl/α,β-unsaturated/α-hetero) is 1. The van der Waals surface area contributed by atoms with Crippen molar-refractivity contribution in [2.45, 2.75) is 33.1 Å². The normalized spacial score (nSPS) is 12.9. The van der Waals surface area contributed by atoms with Crippen LogP contribution in [0.1, 0.15) is 33.1 Å². The molecule has 0 aromatic carbocycles. The Labute approximate surface area is 84.5 Å². The molecular weight excluding hydrogens is 182 g/mol. The van der Waals surface area contributed by atoms with Crippen molar-refractivity contribution >= 4 is 11.8 Å². The van der Waals surface area contributed by atoms with Crippen molar-refractivity contribution in [2.75, 3.05) is 6.54 Å². The standard InChI is InChI=1S/C10H19NO3/c1-7(2)3-4-9(12)8(6-11)5-10(13)14/h7-8H,3-6,11H2,1-2H3,(H,13,14). The average molecular weight is 201 g/mol. The zero-order valence-corrected chi connectivity index (χ0v) is 8.82. The highest BCUT2D eigenvalue weighted by Crippen LogP contribution is 2.11. The molecule has 0 aromatic rings. The number of carboxylic acid groups (broad SMARTS) is 1. The van der Waals surface area contributed by atoms with Crippen molar-refractivity contribution in [3.05, 3.63) is 0 Å². The molecule has 1 unspecified atom stereocenters. The molecule has 0 bridgehead atoms. The Morgan fingerprint density at radius 3 is 2.29 bits per heavy atom. The van der Waals surface area contributed by atoms with Crippen LogP contribution in [0.25, 0.3) is 0 Å². The fourth-order valence-corrected chi connectivity index (χ4v) is 1.17. The van der Waals surface area contributed by atoms with Crippen LogP contribution in [0.15, 0.2) is 0 Å². The predicted molar refractivity (Wildman–Crippen MR) is 53.9 cm³/mol. The van der Waals surface area contributed by atoms with E-state index in [1.165, 1.54) is 0 Å². The topological polar surface area (TPSA) is 80.4 Å². The van der Waals surface area contributed by atoms with Gasteiger partial charge in [0, 0.05) is 18.9 Å². The molecule has 0 rings (SSSR count). The van der Waals surface area contributed by atoms with Gasteiger partial charge in [0.15, 0.2) is 0 Å². The van der Waals surface area contributed by atoms with E-state index in [0.717, 1.165) is 6.42 Å². The van der Waals surface area contributed by atoms with E-state index >= 15 is 0 Å². The molecule has 0 aliphatic rings. The van der Waals surface area contributed by atoms with E-state index in [9.17, 15) is 9.59 Å². The first-order valence-electron chi connectivity index (χ1n) is 4.92. The summed E-state index contributed by atoms with van der Waals surface area (Å²) in [5.41, 5.74) is 5.34. The summed E-state index contributed by atoms with van der Waals surface area (Å²) < 4.78 is 0. The summed E-state index contributed by atoms with van der Waals surface area (Å²) >= 11 is 0. The van der Waals surface area contributed by atoms with Crippen molar-refractivity contribution < 1.29 is 14.7 Å². The highest BCUT2D eigenvalue weighted by Gasteiger charge is 2.19. The number of rotatable bonds is 7. The summed E-state index contributed by atoms with van der Waals surface area (Å²) in [4.78, 5) is 21.9. The van der Waals surface area contributed by atoms with E-state index in [4.69, 9.17) is 10.8 Å². The van der Waals surface area contributed by atoms with Gasteiger partial charge >= 0.3 is 5.97 Å². The number of nitrogens with two attached hydrogens (primary N) is 1. The number of hydrogen-bond donors (Lipinski definition) is 2. The van der Waals surface area contributed by atoms with Crippen LogP contribution >= 0.6 is 0 Å². The average Bonchev–Trinajstić information content (AvgIpc) is 2.09. The fraction of sp³-hybridized carbons (Fsp3) is 0.800. The van der Waals surface area contributed by atoms with E-state index in [2.05, 4.69) is 0 Å². The third-order valence-electron chi connectivity index (χ3n) is 2.13. The van der Waals surface area contributed by atoms with Gasteiger partial charge in [-0.25, -0.2) is 0 Å². The SMILES string of the molecule is CC(C)CCC(=O)C(CN)CC(=O)O. The van der Waals surface area contributed by atoms with Crippen LogP contribution in [-0.4, -0.2) is 23.4 Å². The summed E-state index contributed by atoms with van der Waals surface area (Å²) in [6.07, 6.45) is 1.09. The Bertz CT molecular complexity index is 202. The van der Waals surface area contributed by atoms with Crippen LogP contribution in [0.2, 0.25) is 0 Å². The second-order valence-corrected chi connectivity index (χ2v) is 3.93. The van der Waals surface area contributed by atoms with E-state index in [-0.39, 0.29) is 18.7 Å². The molecule has 0 aliphatic carbocycles. The first-order valence-corrected chi connectivity index (χ1v) is 4.92. The molecule has 14 heavy (non-hydrogen) atoms. The molecule has 4 heteroatoms. The maximum atomic E-state index is 11.5. The van der Waals surface area contributed by atoms with E-state index in [1.807, 2.05) is 13.8 Å². The summed E-state index contributed by atoms with van der Waals surface area (Å²) in [5.74, 6) is -1.03. The summed E-state index contributed by atoms with van der Waals surface area (Å²) in [7, 11) is 0. The molecule has 0 saturated heterocycles. The van der Waals surface area contributed by atoms with Gasteiger partial charge in [-0.1, -0.05) is 13.8 Å². The number of carbonyl (C=O) groups excluding carboxylic acids is 1. The van der Waals surface area contributed by atoms with E-state index in [1.54, 1.807) is 0 Å². The third-order valence-corrected chi connectivity index (χ3v) is 2.13. The third kappa shape index (κ3) is 5.70. The molecule has 1 atom stereocenters. The molecule has 82 valence electrons. The van der Waals surface area contributed by atoms with Gasteiger partial charge in [0.2, 0.25) is 0 Å². The molecule has 3 N–H and O–H groups in total. The van der Waals surface area contributed by atoms with Gasteiger partial charge in [0.1, 0.15) is 5.78 Å².